The third kappa shape index (κ3) is 1.52. The average Bonchev–Trinajstić information content (AvgIpc) is 2.64. The smallest absolute Gasteiger partial charge is 0.207 e. The normalized spacial score (nSPS) is 10.9. The Bertz CT molecular complexity index is 690. The van der Waals surface area contributed by atoms with Gasteiger partial charge in [-0.05, 0) is 30.3 Å². The van der Waals surface area contributed by atoms with Gasteiger partial charge in [0.15, 0.2) is 5.65 Å². The largest absolute Gasteiger partial charge is 0.369 e. The Labute approximate surface area is 96.5 Å². The number of nitrogen functional groups attached to an aromatic ring is 1. The van der Waals surface area contributed by atoms with E-state index in [0.717, 1.165) is 0 Å². The molecule has 4 nitrogen and oxygen atoms in total. The fourth-order valence-corrected chi connectivity index (χ4v) is 1.80. The van der Waals surface area contributed by atoms with E-state index in [2.05, 4.69) is 9.97 Å². The van der Waals surface area contributed by atoms with E-state index in [1.165, 1.54) is 12.1 Å². The summed E-state index contributed by atoms with van der Waals surface area (Å²) in [5.74, 6) is -0.0241. The number of imidazole rings is 1. The van der Waals surface area contributed by atoms with Crippen LogP contribution in [0.3, 0.4) is 0 Å². The molecule has 0 aliphatic carbocycles. The van der Waals surface area contributed by atoms with Gasteiger partial charge in [-0.2, -0.15) is 0 Å². The van der Waals surface area contributed by atoms with Crippen molar-refractivity contribution in [1.29, 1.82) is 0 Å². The van der Waals surface area contributed by atoms with Crippen LogP contribution >= 0.6 is 0 Å². The van der Waals surface area contributed by atoms with Crippen molar-refractivity contribution in [3.63, 3.8) is 0 Å². The molecule has 0 atom stereocenters. The molecule has 0 unspecified atom stereocenters. The van der Waals surface area contributed by atoms with Crippen LogP contribution in [0.15, 0.2) is 42.6 Å². The van der Waals surface area contributed by atoms with E-state index in [-0.39, 0.29) is 5.82 Å². The van der Waals surface area contributed by atoms with Gasteiger partial charge in [-0.3, -0.25) is 4.57 Å². The molecule has 0 aliphatic rings. The summed E-state index contributed by atoms with van der Waals surface area (Å²) in [6.07, 6.45) is 1.65. The number of pyridine rings is 1. The zero-order valence-electron chi connectivity index (χ0n) is 8.84. The molecular formula is C12H9FN4. The highest BCUT2D eigenvalue weighted by molar-refractivity contribution is 5.76. The van der Waals surface area contributed by atoms with Crippen LogP contribution in [0.5, 0.6) is 0 Å². The minimum atomic E-state index is -0.320. The molecule has 0 saturated carbocycles. The lowest BCUT2D eigenvalue weighted by molar-refractivity contribution is 0.627. The first kappa shape index (κ1) is 9.77. The predicted molar refractivity (Wildman–Crippen MR) is 63.2 cm³/mol. The van der Waals surface area contributed by atoms with Gasteiger partial charge in [0.05, 0.1) is 5.69 Å². The molecule has 0 bridgehead atoms. The molecule has 0 aliphatic heterocycles. The highest BCUT2D eigenvalue weighted by atomic mass is 19.1. The van der Waals surface area contributed by atoms with E-state index in [4.69, 9.17) is 5.73 Å². The molecular weight excluding hydrogens is 219 g/mol. The van der Waals surface area contributed by atoms with Gasteiger partial charge in [0.1, 0.15) is 11.3 Å². The number of nitrogens with zero attached hydrogens (tertiary/aromatic N) is 3. The summed E-state index contributed by atoms with van der Waals surface area (Å²) < 4.78 is 14.8. The number of hydrogen-bond donors (Lipinski definition) is 1. The number of fused-ring (bicyclic) bond motifs is 1. The summed E-state index contributed by atoms with van der Waals surface area (Å²) >= 11 is 0. The van der Waals surface area contributed by atoms with Crippen molar-refractivity contribution in [2.24, 2.45) is 0 Å². The lowest BCUT2D eigenvalue weighted by atomic mass is 10.3. The minimum Gasteiger partial charge on any atom is -0.369 e. The van der Waals surface area contributed by atoms with Crippen molar-refractivity contribution in [2.75, 3.05) is 5.73 Å². The average molecular weight is 228 g/mol. The van der Waals surface area contributed by atoms with Gasteiger partial charge in [-0.25, -0.2) is 14.4 Å². The first-order valence-electron chi connectivity index (χ1n) is 5.10. The Balaban J connectivity index is 2.33. The molecule has 5 heteroatoms. The number of nitrogens with two attached hydrogens (primary N) is 1. The third-order valence-electron chi connectivity index (χ3n) is 2.51. The Morgan fingerprint density at radius 2 is 2.06 bits per heavy atom. The Hall–Kier alpha value is -2.43. The number of halogens is 1. The monoisotopic (exact) mass is 228 g/mol. The van der Waals surface area contributed by atoms with Gasteiger partial charge in [-0.15, -0.1) is 0 Å². The molecule has 2 aromatic heterocycles. The third-order valence-corrected chi connectivity index (χ3v) is 2.51. The molecule has 0 amide bonds. The fourth-order valence-electron chi connectivity index (χ4n) is 1.80. The Kier molecular flexibility index (Phi) is 2.04. The van der Waals surface area contributed by atoms with Crippen molar-refractivity contribution in [3.8, 4) is 5.69 Å². The Morgan fingerprint density at radius 3 is 2.88 bits per heavy atom. The van der Waals surface area contributed by atoms with Crippen LogP contribution in [0.1, 0.15) is 0 Å². The molecule has 0 radical (unpaired) electrons. The fraction of sp³-hybridized carbons (Fsp3) is 0. The minimum absolute atomic E-state index is 0.296. The van der Waals surface area contributed by atoms with Crippen molar-refractivity contribution < 1.29 is 4.39 Å². The van der Waals surface area contributed by atoms with Gasteiger partial charge >= 0.3 is 0 Å². The summed E-state index contributed by atoms with van der Waals surface area (Å²) in [6, 6.07) is 9.76. The first-order chi connectivity index (χ1) is 8.25. The summed E-state index contributed by atoms with van der Waals surface area (Å²) in [4.78, 5) is 8.38. The Morgan fingerprint density at radius 1 is 1.18 bits per heavy atom. The lowest BCUT2D eigenvalue weighted by Gasteiger charge is -2.05. The molecule has 0 fully saturated rings. The summed E-state index contributed by atoms with van der Waals surface area (Å²) in [7, 11) is 0. The van der Waals surface area contributed by atoms with Crippen molar-refractivity contribution >= 4 is 17.1 Å². The molecule has 2 N–H and O–H groups in total. The highest BCUT2D eigenvalue weighted by Crippen LogP contribution is 2.21. The van der Waals surface area contributed by atoms with E-state index < -0.39 is 0 Å². The molecule has 0 spiro atoms. The van der Waals surface area contributed by atoms with E-state index in [0.29, 0.717) is 22.8 Å². The molecule has 84 valence electrons. The maximum Gasteiger partial charge on any atom is 0.207 e. The maximum absolute atomic E-state index is 13.2. The summed E-state index contributed by atoms with van der Waals surface area (Å²) in [6.45, 7) is 0. The second kappa shape index (κ2) is 3.55. The van der Waals surface area contributed by atoms with Crippen LogP contribution in [0, 0.1) is 5.82 Å². The second-order valence-electron chi connectivity index (χ2n) is 3.63. The quantitative estimate of drug-likeness (QED) is 0.694. The van der Waals surface area contributed by atoms with Crippen LogP contribution in [0.25, 0.3) is 16.9 Å². The molecule has 0 saturated heterocycles. The standard InChI is InChI=1S/C12H9FN4/c13-8-3-1-4-9(7-8)17-11-10(16-12(17)14)5-2-6-15-11/h1-7H,(H2,14,16). The van der Waals surface area contributed by atoms with Gasteiger partial charge in [0.2, 0.25) is 5.95 Å². The van der Waals surface area contributed by atoms with Crippen molar-refractivity contribution in [3.05, 3.63) is 48.4 Å². The summed E-state index contributed by atoms with van der Waals surface area (Å²) in [5, 5.41) is 0. The molecule has 3 rings (SSSR count). The van der Waals surface area contributed by atoms with Crippen molar-refractivity contribution in [2.45, 2.75) is 0 Å². The lowest BCUT2D eigenvalue weighted by Crippen LogP contribution is -2.01. The van der Waals surface area contributed by atoms with Gasteiger partial charge in [-0.1, -0.05) is 6.07 Å². The van der Waals surface area contributed by atoms with Crippen molar-refractivity contribution in [1.82, 2.24) is 14.5 Å². The maximum atomic E-state index is 13.2. The van der Waals surface area contributed by atoms with Crippen LogP contribution in [-0.2, 0) is 0 Å². The number of anilines is 1. The molecule has 3 aromatic rings. The number of aromatic nitrogens is 3. The van der Waals surface area contributed by atoms with E-state index >= 15 is 0 Å². The second-order valence-corrected chi connectivity index (χ2v) is 3.63. The highest BCUT2D eigenvalue weighted by Gasteiger charge is 2.10. The van der Waals surface area contributed by atoms with Gasteiger partial charge in [0, 0.05) is 6.20 Å². The van der Waals surface area contributed by atoms with Crippen LogP contribution < -0.4 is 5.73 Å². The molecule has 1 aromatic carbocycles. The number of rotatable bonds is 1. The van der Waals surface area contributed by atoms with E-state index in [9.17, 15) is 4.39 Å². The van der Waals surface area contributed by atoms with Crippen LogP contribution in [0.4, 0.5) is 10.3 Å². The van der Waals surface area contributed by atoms with Crippen LogP contribution in [-0.4, -0.2) is 14.5 Å². The van der Waals surface area contributed by atoms with Gasteiger partial charge < -0.3 is 5.73 Å². The SMILES string of the molecule is Nc1nc2cccnc2n1-c1cccc(F)c1. The molecule has 2 heterocycles. The molecule has 17 heavy (non-hydrogen) atoms. The van der Waals surface area contributed by atoms with E-state index in [1.807, 2.05) is 6.07 Å². The zero-order chi connectivity index (χ0) is 11.8. The van der Waals surface area contributed by atoms with E-state index in [1.54, 1.807) is 29.0 Å². The van der Waals surface area contributed by atoms with Crippen LogP contribution in [0.2, 0.25) is 0 Å². The first-order valence-corrected chi connectivity index (χ1v) is 5.10. The zero-order valence-corrected chi connectivity index (χ0v) is 8.84. The predicted octanol–water partition coefficient (Wildman–Crippen LogP) is 2.14. The number of hydrogen-bond acceptors (Lipinski definition) is 3. The number of benzene rings is 1. The van der Waals surface area contributed by atoms with Gasteiger partial charge in [0.25, 0.3) is 0 Å². The summed E-state index contributed by atoms with van der Waals surface area (Å²) in [5.41, 5.74) is 7.75. The topological polar surface area (TPSA) is 56.7 Å².